The second-order valence-electron chi connectivity index (χ2n) is 5.91. The molecule has 1 aliphatic rings. The minimum absolute atomic E-state index is 0.0275. The first-order valence-electron chi connectivity index (χ1n) is 7.39. The molecule has 2 rings (SSSR count). The highest BCUT2D eigenvalue weighted by Crippen LogP contribution is 2.26. The molecule has 2 N–H and O–H groups in total. The molecule has 1 amide bonds. The van der Waals surface area contributed by atoms with Crippen LogP contribution in [0.25, 0.3) is 0 Å². The number of hydrogen-bond donors (Lipinski definition) is 1. The SMILES string of the molecule is CN(C)C(=O)c1ccc(N(C)CC2CCOCC2)c(N)c1. The number of nitrogen functional groups attached to an aromatic ring is 1. The van der Waals surface area contributed by atoms with Gasteiger partial charge in [-0.1, -0.05) is 0 Å². The summed E-state index contributed by atoms with van der Waals surface area (Å²) in [6, 6.07) is 5.54. The lowest BCUT2D eigenvalue weighted by Gasteiger charge is -2.29. The molecule has 5 heteroatoms. The molecule has 1 heterocycles. The molecule has 116 valence electrons. The van der Waals surface area contributed by atoms with E-state index in [1.165, 1.54) is 0 Å². The topological polar surface area (TPSA) is 58.8 Å². The number of nitrogens with two attached hydrogens (primary N) is 1. The third-order valence-corrected chi connectivity index (χ3v) is 3.96. The zero-order valence-corrected chi connectivity index (χ0v) is 13.1. The van der Waals surface area contributed by atoms with Crippen LogP contribution in [0.15, 0.2) is 18.2 Å². The van der Waals surface area contributed by atoms with Crippen molar-refractivity contribution in [3.05, 3.63) is 23.8 Å². The average molecular weight is 291 g/mol. The van der Waals surface area contributed by atoms with Gasteiger partial charge in [0.1, 0.15) is 0 Å². The molecule has 0 aromatic heterocycles. The van der Waals surface area contributed by atoms with Gasteiger partial charge >= 0.3 is 0 Å². The van der Waals surface area contributed by atoms with Gasteiger partial charge in [-0.15, -0.1) is 0 Å². The number of benzene rings is 1. The molecule has 0 spiro atoms. The molecule has 1 aliphatic heterocycles. The Bertz CT molecular complexity index is 496. The predicted molar refractivity (Wildman–Crippen MR) is 85.7 cm³/mol. The summed E-state index contributed by atoms with van der Waals surface area (Å²) in [5.74, 6) is 0.617. The molecule has 0 aliphatic carbocycles. The fourth-order valence-corrected chi connectivity index (χ4v) is 2.71. The van der Waals surface area contributed by atoms with Crippen molar-refractivity contribution in [2.45, 2.75) is 12.8 Å². The second-order valence-corrected chi connectivity index (χ2v) is 5.91. The Hall–Kier alpha value is -1.75. The fraction of sp³-hybridized carbons (Fsp3) is 0.562. The van der Waals surface area contributed by atoms with E-state index in [4.69, 9.17) is 10.5 Å². The van der Waals surface area contributed by atoms with Crippen molar-refractivity contribution in [3.63, 3.8) is 0 Å². The van der Waals surface area contributed by atoms with Crippen LogP contribution in [0.1, 0.15) is 23.2 Å². The van der Waals surface area contributed by atoms with Gasteiger partial charge in [0.2, 0.25) is 0 Å². The first kappa shape index (κ1) is 15.6. The molecule has 1 fully saturated rings. The van der Waals surface area contributed by atoms with Crippen molar-refractivity contribution in [2.24, 2.45) is 5.92 Å². The van der Waals surface area contributed by atoms with E-state index in [1.807, 2.05) is 12.1 Å². The summed E-state index contributed by atoms with van der Waals surface area (Å²) in [7, 11) is 5.53. The highest BCUT2D eigenvalue weighted by molar-refractivity contribution is 5.95. The zero-order chi connectivity index (χ0) is 15.4. The molecule has 1 saturated heterocycles. The zero-order valence-electron chi connectivity index (χ0n) is 13.1. The highest BCUT2D eigenvalue weighted by atomic mass is 16.5. The Labute approximate surface area is 126 Å². The van der Waals surface area contributed by atoms with Crippen LogP contribution in [0, 0.1) is 5.92 Å². The summed E-state index contributed by atoms with van der Waals surface area (Å²) in [6.45, 7) is 2.67. The number of carbonyl (C=O) groups is 1. The van der Waals surface area contributed by atoms with Crippen molar-refractivity contribution >= 4 is 17.3 Å². The van der Waals surface area contributed by atoms with Gasteiger partial charge in [0.25, 0.3) is 5.91 Å². The van der Waals surface area contributed by atoms with E-state index in [0.717, 1.165) is 38.3 Å². The Morgan fingerprint density at radius 3 is 2.52 bits per heavy atom. The number of anilines is 2. The molecule has 0 bridgehead atoms. The summed E-state index contributed by atoms with van der Waals surface area (Å²) >= 11 is 0. The largest absolute Gasteiger partial charge is 0.397 e. The average Bonchev–Trinajstić information content (AvgIpc) is 2.47. The van der Waals surface area contributed by atoms with Crippen LogP contribution < -0.4 is 10.6 Å². The van der Waals surface area contributed by atoms with Gasteiger partial charge in [-0.25, -0.2) is 0 Å². The smallest absolute Gasteiger partial charge is 0.253 e. The summed E-state index contributed by atoms with van der Waals surface area (Å²) in [5, 5.41) is 0. The lowest BCUT2D eigenvalue weighted by molar-refractivity contribution is 0.0685. The number of rotatable bonds is 4. The molecule has 5 nitrogen and oxygen atoms in total. The van der Waals surface area contributed by atoms with Crippen LogP contribution in [0.5, 0.6) is 0 Å². The standard InChI is InChI=1S/C16H25N3O2/c1-18(2)16(20)13-4-5-15(14(17)10-13)19(3)11-12-6-8-21-9-7-12/h4-5,10,12H,6-9,11,17H2,1-3H3. The van der Waals surface area contributed by atoms with Crippen LogP contribution in [-0.2, 0) is 4.74 Å². The molecule has 21 heavy (non-hydrogen) atoms. The summed E-state index contributed by atoms with van der Waals surface area (Å²) in [5.41, 5.74) is 8.39. The van der Waals surface area contributed by atoms with Crippen molar-refractivity contribution in [3.8, 4) is 0 Å². The van der Waals surface area contributed by atoms with E-state index in [1.54, 1.807) is 25.1 Å². The minimum Gasteiger partial charge on any atom is -0.397 e. The van der Waals surface area contributed by atoms with Gasteiger partial charge in [-0.3, -0.25) is 4.79 Å². The van der Waals surface area contributed by atoms with Crippen molar-refractivity contribution < 1.29 is 9.53 Å². The lowest BCUT2D eigenvalue weighted by atomic mass is 9.99. The van der Waals surface area contributed by atoms with Crippen molar-refractivity contribution in [1.82, 2.24) is 4.90 Å². The highest BCUT2D eigenvalue weighted by Gasteiger charge is 2.18. The molecular formula is C16H25N3O2. The number of ether oxygens (including phenoxy) is 1. The number of hydrogen-bond acceptors (Lipinski definition) is 4. The summed E-state index contributed by atoms with van der Waals surface area (Å²) in [6.07, 6.45) is 2.20. The van der Waals surface area contributed by atoms with E-state index in [-0.39, 0.29) is 5.91 Å². The first-order chi connectivity index (χ1) is 9.99. The van der Waals surface area contributed by atoms with Crippen LogP contribution in [0.4, 0.5) is 11.4 Å². The maximum atomic E-state index is 11.9. The predicted octanol–water partition coefficient (Wildman–Crippen LogP) is 1.83. The van der Waals surface area contributed by atoms with Crippen LogP contribution in [-0.4, -0.2) is 51.7 Å². The second kappa shape index (κ2) is 6.80. The van der Waals surface area contributed by atoms with Gasteiger partial charge in [0.05, 0.1) is 11.4 Å². The van der Waals surface area contributed by atoms with Crippen molar-refractivity contribution in [2.75, 3.05) is 51.5 Å². The Morgan fingerprint density at radius 1 is 1.29 bits per heavy atom. The monoisotopic (exact) mass is 291 g/mol. The summed E-state index contributed by atoms with van der Waals surface area (Å²) in [4.78, 5) is 15.7. The first-order valence-corrected chi connectivity index (χ1v) is 7.39. The third-order valence-electron chi connectivity index (χ3n) is 3.96. The maximum Gasteiger partial charge on any atom is 0.253 e. The molecule has 0 radical (unpaired) electrons. The number of carbonyl (C=O) groups excluding carboxylic acids is 1. The van der Waals surface area contributed by atoms with Gasteiger partial charge in [0, 0.05) is 46.5 Å². The Morgan fingerprint density at radius 2 is 1.95 bits per heavy atom. The van der Waals surface area contributed by atoms with Gasteiger partial charge in [-0.05, 0) is 37.0 Å². The summed E-state index contributed by atoms with van der Waals surface area (Å²) < 4.78 is 5.39. The maximum absolute atomic E-state index is 11.9. The fourth-order valence-electron chi connectivity index (χ4n) is 2.71. The van der Waals surface area contributed by atoms with E-state index in [0.29, 0.717) is 17.2 Å². The Kier molecular flexibility index (Phi) is 5.07. The van der Waals surface area contributed by atoms with Crippen LogP contribution in [0.2, 0.25) is 0 Å². The van der Waals surface area contributed by atoms with Crippen LogP contribution in [0.3, 0.4) is 0 Å². The van der Waals surface area contributed by atoms with Gasteiger partial charge in [-0.2, -0.15) is 0 Å². The van der Waals surface area contributed by atoms with Gasteiger partial charge in [0.15, 0.2) is 0 Å². The molecule has 1 aromatic carbocycles. The Balaban J connectivity index is 2.07. The van der Waals surface area contributed by atoms with Gasteiger partial charge < -0.3 is 20.3 Å². The molecule has 0 saturated carbocycles. The number of nitrogens with zero attached hydrogens (tertiary/aromatic N) is 2. The van der Waals surface area contributed by atoms with E-state index >= 15 is 0 Å². The van der Waals surface area contributed by atoms with E-state index in [2.05, 4.69) is 11.9 Å². The molecule has 0 atom stereocenters. The normalized spacial score (nSPS) is 15.8. The number of amides is 1. The third kappa shape index (κ3) is 3.88. The van der Waals surface area contributed by atoms with Crippen LogP contribution >= 0.6 is 0 Å². The van der Waals surface area contributed by atoms with E-state index in [9.17, 15) is 4.79 Å². The van der Waals surface area contributed by atoms with Crippen molar-refractivity contribution in [1.29, 1.82) is 0 Å². The quantitative estimate of drug-likeness (QED) is 0.860. The molecule has 0 unspecified atom stereocenters. The van der Waals surface area contributed by atoms with E-state index < -0.39 is 0 Å². The molecule has 1 aromatic rings. The molecular weight excluding hydrogens is 266 g/mol. The lowest BCUT2D eigenvalue weighted by Crippen LogP contribution is -2.30. The minimum atomic E-state index is -0.0275.